The molecule has 1 amide bonds. The van der Waals surface area contributed by atoms with E-state index >= 15 is 0 Å². The van der Waals surface area contributed by atoms with Crippen LogP contribution in [0.15, 0.2) is 28.7 Å². The number of ether oxygens (including phenoxy) is 1. The van der Waals surface area contributed by atoms with Crippen LogP contribution in [0, 0.1) is 0 Å². The second-order valence-corrected chi connectivity index (χ2v) is 5.52. The molecule has 0 aliphatic carbocycles. The molecular formula is C14H18BrNO2. The summed E-state index contributed by atoms with van der Waals surface area (Å²) in [6, 6.07) is 7.55. The summed E-state index contributed by atoms with van der Waals surface area (Å²) in [5.74, 6) is 0.827. The first kappa shape index (κ1) is 13.4. The quantitative estimate of drug-likeness (QED) is 0.857. The monoisotopic (exact) mass is 311 g/mol. The number of rotatable bonds is 3. The average molecular weight is 312 g/mol. The van der Waals surface area contributed by atoms with Gasteiger partial charge in [0.25, 0.3) is 5.91 Å². The third-order valence-electron chi connectivity index (χ3n) is 3.14. The third kappa shape index (κ3) is 3.48. The average Bonchev–Trinajstić information content (AvgIpc) is 2.41. The van der Waals surface area contributed by atoms with Crippen molar-refractivity contribution < 1.29 is 9.53 Å². The van der Waals surface area contributed by atoms with Gasteiger partial charge in [-0.1, -0.05) is 15.9 Å². The van der Waals surface area contributed by atoms with Crippen LogP contribution in [0.1, 0.15) is 26.2 Å². The number of hydrogen-bond acceptors (Lipinski definition) is 2. The van der Waals surface area contributed by atoms with Gasteiger partial charge in [0.1, 0.15) is 5.75 Å². The van der Waals surface area contributed by atoms with Gasteiger partial charge in [-0.05, 0) is 50.5 Å². The number of nitrogens with zero attached hydrogens (tertiary/aromatic N) is 1. The Morgan fingerprint density at radius 2 is 1.83 bits per heavy atom. The van der Waals surface area contributed by atoms with Crippen molar-refractivity contribution in [3.05, 3.63) is 28.7 Å². The number of carbonyl (C=O) groups excluding carboxylic acids is 1. The van der Waals surface area contributed by atoms with Crippen LogP contribution in [0.3, 0.4) is 0 Å². The second-order valence-electron chi connectivity index (χ2n) is 4.60. The number of likely N-dealkylation sites (tertiary alicyclic amines) is 1. The third-order valence-corrected chi connectivity index (χ3v) is 3.67. The fraction of sp³-hybridized carbons (Fsp3) is 0.500. The largest absolute Gasteiger partial charge is 0.481 e. The van der Waals surface area contributed by atoms with E-state index in [1.807, 2.05) is 36.1 Å². The maximum absolute atomic E-state index is 12.2. The zero-order valence-corrected chi connectivity index (χ0v) is 12.1. The molecule has 0 saturated carbocycles. The summed E-state index contributed by atoms with van der Waals surface area (Å²) in [5.41, 5.74) is 0. The molecular weight excluding hydrogens is 294 g/mol. The summed E-state index contributed by atoms with van der Waals surface area (Å²) in [5, 5.41) is 0. The molecule has 2 rings (SSSR count). The maximum Gasteiger partial charge on any atom is 0.263 e. The zero-order chi connectivity index (χ0) is 13.0. The van der Waals surface area contributed by atoms with Gasteiger partial charge >= 0.3 is 0 Å². The Labute approximate surface area is 116 Å². The van der Waals surface area contributed by atoms with Crippen LogP contribution in [0.4, 0.5) is 0 Å². The van der Waals surface area contributed by atoms with Gasteiger partial charge in [0.2, 0.25) is 0 Å². The number of halogens is 1. The highest BCUT2D eigenvalue weighted by Gasteiger charge is 2.23. The van der Waals surface area contributed by atoms with E-state index in [-0.39, 0.29) is 5.91 Å². The SMILES string of the molecule is C[C@H](Oc1ccc(Br)cc1)C(=O)N1CCCCC1. The van der Waals surface area contributed by atoms with Crippen LogP contribution >= 0.6 is 15.9 Å². The first-order valence-corrected chi connectivity index (χ1v) is 7.17. The number of piperidine rings is 1. The van der Waals surface area contributed by atoms with Crippen LogP contribution in [0.25, 0.3) is 0 Å². The van der Waals surface area contributed by atoms with Gasteiger partial charge < -0.3 is 9.64 Å². The molecule has 0 bridgehead atoms. The molecule has 0 N–H and O–H groups in total. The van der Waals surface area contributed by atoms with E-state index in [2.05, 4.69) is 15.9 Å². The molecule has 18 heavy (non-hydrogen) atoms. The highest BCUT2D eigenvalue weighted by molar-refractivity contribution is 9.10. The van der Waals surface area contributed by atoms with E-state index in [4.69, 9.17) is 4.74 Å². The van der Waals surface area contributed by atoms with Gasteiger partial charge in [-0.3, -0.25) is 4.79 Å². The standard InChI is InChI=1S/C14H18BrNO2/c1-11(14(17)16-9-3-2-4-10-16)18-13-7-5-12(15)6-8-13/h5-8,11H,2-4,9-10H2,1H3/t11-/m0/s1. The predicted molar refractivity (Wildman–Crippen MR) is 74.7 cm³/mol. The van der Waals surface area contributed by atoms with Crippen LogP contribution < -0.4 is 4.74 Å². The van der Waals surface area contributed by atoms with E-state index in [0.717, 1.165) is 36.2 Å². The topological polar surface area (TPSA) is 29.5 Å². The molecule has 3 nitrogen and oxygen atoms in total. The van der Waals surface area contributed by atoms with Gasteiger partial charge in [-0.15, -0.1) is 0 Å². The molecule has 1 aromatic rings. The van der Waals surface area contributed by atoms with Crippen molar-refractivity contribution in [2.24, 2.45) is 0 Å². The summed E-state index contributed by atoms with van der Waals surface area (Å²) < 4.78 is 6.68. The molecule has 1 heterocycles. The van der Waals surface area contributed by atoms with Gasteiger partial charge in [0.15, 0.2) is 6.10 Å². The first-order chi connectivity index (χ1) is 8.66. The minimum absolute atomic E-state index is 0.0950. The Hall–Kier alpha value is -1.03. The Kier molecular flexibility index (Phi) is 4.64. The fourth-order valence-electron chi connectivity index (χ4n) is 2.14. The van der Waals surface area contributed by atoms with E-state index < -0.39 is 6.10 Å². The van der Waals surface area contributed by atoms with Crippen molar-refractivity contribution in [2.75, 3.05) is 13.1 Å². The minimum atomic E-state index is -0.413. The zero-order valence-electron chi connectivity index (χ0n) is 10.6. The smallest absolute Gasteiger partial charge is 0.263 e. The molecule has 4 heteroatoms. The number of amides is 1. The summed E-state index contributed by atoms with van der Waals surface area (Å²) >= 11 is 3.37. The lowest BCUT2D eigenvalue weighted by Gasteiger charge is -2.29. The Balaban J connectivity index is 1.92. The predicted octanol–water partition coefficient (Wildman–Crippen LogP) is 3.23. The Morgan fingerprint density at radius 3 is 2.44 bits per heavy atom. The minimum Gasteiger partial charge on any atom is -0.481 e. The molecule has 1 atom stereocenters. The molecule has 0 aromatic heterocycles. The molecule has 1 saturated heterocycles. The highest BCUT2D eigenvalue weighted by Crippen LogP contribution is 2.18. The van der Waals surface area contributed by atoms with Crippen LogP contribution in [-0.2, 0) is 4.79 Å². The van der Waals surface area contributed by atoms with Crippen molar-refractivity contribution >= 4 is 21.8 Å². The van der Waals surface area contributed by atoms with Crippen molar-refractivity contribution in [1.29, 1.82) is 0 Å². The highest BCUT2D eigenvalue weighted by atomic mass is 79.9. The van der Waals surface area contributed by atoms with Crippen molar-refractivity contribution in [3.8, 4) is 5.75 Å². The first-order valence-electron chi connectivity index (χ1n) is 6.38. The maximum atomic E-state index is 12.2. The molecule has 0 radical (unpaired) electrons. The number of hydrogen-bond donors (Lipinski definition) is 0. The van der Waals surface area contributed by atoms with Crippen LogP contribution in [-0.4, -0.2) is 30.0 Å². The van der Waals surface area contributed by atoms with Gasteiger partial charge in [-0.25, -0.2) is 0 Å². The van der Waals surface area contributed by atoms with Gasteiger partial charge in [0.05, 0.1) is 0 Å². The van der Waals surface area contributed by atoms with E-state index in [1.54, 1.807) is 0 Å². The Bertz CT molecular complexity index is 399. The van der Waals surface area contributed by atoms with Crippen molar-refractivity contribution in [3.63, 3.8) is 0 Å². The lowest BCUT2D eigenvalue weighted by Crippen LogP contribution is -2.43. The van der Waals surface area contributed by atoms with Crippen molar-refractivity contribution in [1.82, 2.24) is 4.90 Å². The molecule has 1 aliphatic rings. The van der Waals surface area contributed by atoms with Crippen LogP contribution in [0.5, 0.6) is 5.75 Å². The number of carbonyl (C=O) groups is 1. The van der Waals surface area contributed by atoms with Crippen LogP contribution in [0.2, 0.25) is 0 Å². The summed E-state index contributed by atoms with van der Waals surface area (Å²) in [4.78, 5) is 14.1. The summed E-state index contributed by atoms with van der Waals surface area (Å²) in [6.45, 7) is 3.55. The summed E-state index contributed by atoms with van der Waals surface area (Å²) in [6.07, 6.45) is 3.03. The molecule has 98 valence electrons. The summed E-state index contributed by atoms with van der Waals surface area (Å²) in [7, 11) is 0. The molecule has 1 aliphatic heterocycles. The normalized spacial score (nSPS) is 17.3. The van der Waals surface area contributed by atoms with E-state index in [1.165, 1.54) is 6.42 Å². The molecule has 1 fully saturated rings. The molecule has 1 aromatic carbocycles. The molecule has 0 spiro atoms. The lowest BCUT2D eigenvalue weighted by molar-refractivity contribution is -0.138. The van der Waals surface area contributed by atoms with E-state index in [9.17, 15) is 4.79 Å². The Morgan fingerprint density at radius 1 is 1.22 bits per heavy atom. The molecule has 0 unspecified atom stereocenters. The fourth-order valence-corrected chi connectivity index (χ4v) is 2.40. The van der Waals surface area contributed by atoms with Gasteiger partial charge in [0, 0.05) is 17.6 Å². The van der Waals surface area contributed by atoms with E-state index in [0.29, 0.717) is 0 Å². The number of benzene rings is 1. The van der Waals surface area contributed by atoms with Gasteiger partial charge in [-0.2, -0.15) is 0 Å². The second kappa shape index (κ2) is 6.23. The van der Waals surface area contributed by atoms with Crippen molar-refractivity contribution in [2.45, 2.75) is 32.3 Å². The lowest BCUT2D eigenvalue weighted by atomic mass is 10.1.